The van der Waals surface area contributed by atoms with Crippen molar-refractivity contribution in [1.82, 2.24) is 10.6 Å². The summed E-state index contributed by atoms with van der Waals surface area (Å²) in [4.78, 5) is 12.3. The average molecular weight is 318 g/mol. The second kappa shape index (κ2) is 6.89. The van der Waals surface area contributed by atoms with Gasteiger partial charge < -0.3 is 20.5 Å². The van der Waals surface area contributed by atoms with Crippen molar-refractivity contribution in [2.24, 2.45) is 5.92 Å². The number of rotatable bonds is 3. The van der Waals surface area contributed by atoms with Gasteiger partial charge in [-0.2, -0.15) is 0 Å². The zero-order chi connectivity index (χ0) is 16.3. The quantitative estimate of drug-likeness (QED) is 0.800. The van der Waals surface area contributed by atoms with Gasteiger partial charge in [0, 0.05) is 32.6 Å². The monoisotopic (exact) mass is 318 g/mol. The summed E-state index contributed by atoms with van der Waals surface area (Å²) >= 11 is 0. The minimum atomic E-state index is -0.842. The molecule has 0 aromatic heterocycles. The first-order valence-corrected chi connectivity index (χ1v) is 8.50. The third kappa shape index (κ3) is 3.85. The van der Waals surface area contributed by atoms with Gasteiger partial charge in [-0.25, -0.2) is 4.79 Å². The fraction of sp³-hybridized carbons (Fsp3) is 0.611. The van der Waals surface area contributed by atoms with Gasteiger partial charge in [0.05, 0.1) is 11.6 Å². The van der Waals surface area contributed by atoms with Gasteiger partial charge in [0.15, 0.2) is 0 Å². The van der Waals surface area contributed by atoms with Crippen LogP contribution in [0.5, 0.6) is 0 Å². The molecule has 2 aliphatic rings. The van der Waals surface area contributed by atoms with E-state index in [-0.39, 0.29) is 18.6 Å². The summed E-state index contributed by atoms with van der Waals surface area (Å²) in [6.45, 7) is 3.54. The maximum absolute atomic E-state index is 12.3. The number of amides is 2. The maximum Gasteiger partial charge on any atom is 0.315 e. The third-order valence-electron chi connectivity index (χ3n) is 5.12. The van der Waals surface area contributed by atoms with E-state index in [1.54, 1.807) is 0 Å². The highest BCUT2D eigenvalue weighted by Gasteiger charge is 2.31. The van der Waals surface area contributed by atoms with E-state index in [1.807, 2.05) is 12.1 Å². The molecule has 23 heavy (non-hydrogen) atoms. The van der Waals surface area contributed by atoms with Gasteiger partial charge in [0.25, 0.3) is 0 Å². The molecular formula is C18H26N2O3. The van der Waals surface area contributed by atoms with E-state index in [1.165, 1.54) is 11.1 Å². The number of aliphatic hydroxyl groups is 1. The fourth-order valence-electron chi connectivity index (χ4n) is 3.51. The van der Waals surface area contributed by atoms with Gasteiger partial charge in [-0.3, -0.25) is 0 Å². The molecule has 3 N–H and O–H groups in total. The number of hydrogen-bond acceptors (Lipinski definition) is 3. The largest absolute Gasteiger partial charge is 0.388 e. The lowest BCUT2D eigenvalue weighted by molar-refractivity contribution is -0.0600. The first kappa shape index (κ1) is 16.3. The van der Waals surface area contributed by atoms with E-state index in [0.717, 1.165) is 12.8 Å². The zero-order valence-corrected chi connectivity index (χ0v) is 13.7. The molecule has 0 radical (unpaired) electrons. The molecule has 1 aromatic carbocycles. The molecule has 5 nitrogen and oxygen atoms in total. The Bertz CT molecular complexity index is 555. The Morgan fingerprint density at radius 3 is 2.87 bits per heavy atom. The van der Waals surface area contributed by atoms with Gasteiger partial charge in [-0.1, -0.05) is 31.2 Å². The number of hydrogen-bond donors (Lipinski definition) is 3. The molecule has 0 spiro atoms. The Morgan fingerprint density at radius 1 is 1.35 bits per heavy atom. The topological polar surface area (TPSA) is 70.6 Å². The molecule has 1 fully saturated rings. The Balaban J connectivity index is 1.59. The van der Waals surface area contributed by atoms with Crippen LogP contribution >= 0.6 is 0 Å². The summed E-state index contributed by atoms with van der Waals surface area (Å²) in [5, 5.41) is 16.3. The number of ether oxygens (including phenoxy) is 1. The fourth-order valence-corrected chi connectivity index (χ4v) is 3.51. The van der Waals surface area contributed by atoms with E-state index in [4.69, 9.17) is 4.74 Å². The predicted molar refractivity (Wildman–Crippen MR) is 88.2 cm³/mol. The zero-order valence-electron chi connectivity index (χ0n) is 13.7. The van der Waals surface area contributed by atoms with Gasteiger partial charge in [0.1, 0.15) is 0 Å². The van der Waals surface area contributed by atoms with Crippen LogP contribution in [0.15, 0.2) is 24.3 Å². The molecule has 1 aliphatic heterocycles. The maximum atomic E-state index is 12.3. The summed E-state index contributed by atoms with van der Waals surface area (Å²) < 4.78 is 5.26. The molecule has 0 bridgehead atoms. The van der Waals surface area contributed by atoms with E-state index >= 15 is 0 Å². The van der Waals surface area contributed by atoms with E-state index in [2.05, 4.69) is 29.7 Å². The number of fused-ring (bicyclic) bond motifs is 1. The number of urea groups is 1. The van der Waals surface area contributed by atoms with Crippen molar-refractivity contribution in [2.75, 3.05) is 19.8 Å². The number of carbonyl (C=O) groups excluding carboxylic acids is 1. The van der Waals surface area contributed by atoms with Crippen LogP contribution in [0.3, 0.4) is 0 Å². The van der Waals surface area contributed by atoms with Crippen molar-refractivity contribution >= 4 is 6.03 Å². The lowest BCUT2D eigenvalue weighted by atomic mass is 9.81. The van der Waals surface area contributed by atoms with Crippen LogP contribution in [-0.4, -0.2) is 36.5 Å². The number of benzene rings is 1. The van der Waals surface area contributed by atoms with Crippen molar-refractivity contribution in [3.05, 3.63) is 35.4 Å². The standard InChI is InChI=1S/C18H26N2O3/c1-13-6-7-14-4-2-3-5-15(14)16(13)20-17(21)19-12-18(22)8-10-23-11-9-18/h2-5,13,16,22H,6-12H2,1H3,(H2,19,20,21). The van der Waals surface area contributed by atoms with Gasteiger partial charge >= 0.3 is 6.03 Å². The molecule has 1 heterocycles. The van der Waals surface area contributed by atoms with Gasteiger partial charge in [-0.15, -0.1) is 0 Å². The minimum Gasteiger partial charge on any atom is -0.388 e. The number of carbonyl (C=O) groups is 1. The lowest BCUT2D eigenvalue weighted by Crippen LogP contribution is -2.50. The van der Waals surface area contributed by atoms with E-state index in [9.17, 15) is 9.90 Å². The summed E-state index contributed by atoms with van der Waals surface area (Å²) in [6.07, 6.45) is 3.27. The molecule has 1 aliphatic carbocycles. The van der Waals surface area contributed by atoms with Crippen molar-refractivity contribution < 1.29 is 14.6 Å². The summed E-state index contributed by atoms with van der Waals surface area (Å²) in [5.74, 6) is 0.404. The first-order valence-electron chi connectivity index (χ1n) is 8.50. The summed E-state index contributed by atoms with van der Waals surface area (Å²) in [5.41, 5.74) is 1.69. The van der Waals surface area contributed by atoms with Gasteiger partial charge in [-0.05, 0) is 29.9 Å². The normalized spacial score (nSPS) is 26.2. The molecule has 5 heteroatoms. The summed E-state index contributed by atoms with van der Waals surface area (Å²) in [7, 11) is 0. The highest BCUT2D eigenvalue weighted by molar-refractivity contribution is 5.74. The summed E-state index contributed by atoms with van der Waals surface area (Å²) in [6, 6.07) is 8.13. The molecule has 2 unspecified atom stereocenters. The lowest BCUT2D eigenvalue weighted by Gasteiger charge is -2.34. The molecule has 126 valence electrons. The number of nitrogens with one attached hydrogen (secondary N) is 2. The smallest absolute Gasteiger partial charge is 0.315 e. The predicted octanol–water partition coefficient (Wildman–Crippen LogP) is 2.15. The van der Waals surface area contributed by atoms with Crippen LogP contribution in [-0.2, 0) is 11.2 Å². The Labute approximate surface area is 137 Å². The van der Waals surface area contributed by atoms with Crippen molar-refractivity contribution in [3.8, 4) is 0 Å². The molecule has 2 amide bonds. The molecular weight excluding hydrogens is 292 g/mol. The Kier molecular flexibility index (Phi) is 4.87. The Hall–Kier alpha value is -1.59. The second-order valence-corrected chi connectivity index (χ2v) is 6.86. The van der Waals surface area contributed by atoms with Crippen molar-refractivity contribution in [3.63, 3.8) is 0 Å². The highest BCUT2D eigenvalue weighted by atomic mass is 16.5. The molecule has 1 aromatic rings. The van der Waals surface area contributed by atoms with Crippen LogP contribution in [0.25, 0.3) is 0 Å². The van der Waals surface area contributed by atoms with Crippen LogP contribution in [0.2, 0.25) is 0 Å². The van der Waals surface area contributed by atoms with Crippen LogP contribution < -0.4 is 10.6 Å². The molecule has 2 atom stereocenters. The first-order chi connectivity index (χ1) is 11.1. The van der Waals surface area contributed by atoms with Crippen molar-refractivity contribution in [1.29, 1.82) is 0 Å². The van der Waals surface area contributed by atoms with Crippen molar-refractivity contribution in [2.45, 2.75) is 44.2 Å². The highest BCUT2D eigenvalue weighted by Crippen LogP contribution is 2.33. The Morgan fingerprint density at radius 2 is 2.09 bits per heavy atom. The molecule has 1 saturated heterocycles. The van der Waals surface area contributed by atoms with E-state index in [0.29, 0.717) is 32.0 Å². The third-order valence-corrected chi connectivity index (χ3v) is 5.12. The average Bonchev–Trinajstić information content (AvgIpc) is 2.56. The second-order valence-electron chi connectivity index (χ2n) is 6.86. The van der Waals surface area contributed by atoms with E-state index < -0.39 is 5.60 Å². The SMILES string of the molecule is CC1CCc2ccccc2C1NC(=O)NCC1(O)CCOCC1. The molecule has 3 rings (SSSR count). The van der Waals surface area contributed by atoms with Crippen LogP contribution in [0, 0.1) is 5.92 Å². The molecule has 0 saturated carbocycles. The number of aryl methyl sites for hydroxylation is 1. The van der Waals surface area contributed by atoms with Crippen LogP contribution in [0.1, 0.15) is 43.4 Å². The van der Waals surface area contributed by atoms with Gasteiger partial charge in [0.2, 0.25) is 0 Å². The minimum absolute atomic E-state index is 0.0317. The van der Waals surface area contributed by atoms with Crippen LogP contribution in [0.4, 0.5) is 4.79 Å².